The molecule has 1 atom stereocenters. The lowest BCUT2D eigenvalue weighted by Gasteiger charge is -2.37. The molecule has 23 heavy (non-hydrogen) atoms. The van der Waals surface area contributed by atoms with Crippen LogP contribution in [-0.2, 0) is 9.59 Å². The maximum Gasteiger partial charge on any atom is 0.228 e. The van der Waals surface area contributed by atoms with Crippen molar-refractivity contribution in [2.75, 3.05) is 44.2 Å². The van der Waals surface area contributed by atoms with Crippen molar-refractivity contribution < 1.29 is 9.59 Å². The molecule has 3 heterocycles. The van der Waals surface area contributed by atoms with E-state index in [1.807, 2.05) is 31.0 Å². The molecule has 0 N–H and O–H groups in total. The van der Waals surface area contributed by atoms with Gasteiger partial charge in [0.25, 0.3) is 0 Å². The van der Waals surface area contributed by atoms with Crippen molar-refractivity contribution in [3.63, 3.8) is 0 Å². The summed E-state index contributed by atoms with van der Waals surface area (Å²) in [5, 5.41) is 0. The lowest BCUT2D eigenvalue weighted by molar-refractivity contribution is -0.136. The molecule has 2 aliphatic rings. The Hall–Kier alpha value is -2.11. The molecular weight excluding hydrogens is 292 g/mol. The van der Waals surface area contributed by atoms with Crippen LogP contribution in [-0.4, -0.2) is 65.9 Å². The van der Waals surface area contributed by atoms with Crippen LogP contribution in [0.4, 0.5) is 5.69 Å². The largest absolute Gasteiger partial charge is 0.368 e. The highest BCUT2D eigenvalue weighted by atomic mass is 16.2. The molecule has 1 aromatic heterocycles. The average molecular weight is 316 g/mol. The summed E-state index contributed by atoms with van der Waals surface area (Å²) in [7, 11) is 0. The first-order valence-corrected chi connectivity index (χ1v) is 8.32. The van der Waals surface area contributed by atoms with E-state index in [-0.39, 0.29) is 17.7 Å². The molecule has 0 aliphatic carbocycles. The number of piperazine rings is 1. The van der Waals surface area contributed by atoms with Crippen LogP contribution in [0.15, 0.2) is 18.3 Å². The van der Waals surface area contributed by atoms with Gasteiger partial charge in [-0.15, -0.1) is 0 Å². The molecule has 3 rings (SSSR count). The minimum atomic E-state index is -0.155. The summed E-state index contributed by atoms with van der Waals surface area (Å²) in [6.45, 7) is 8.31. The van der Waals surface area contributed by atoms with E-state index in [0.29, 0.717) is 19.5 Å². The summed E-state index contributed by atoms with van der Waals surface area (Å²) in [6, 6.07) is 4.09. The second-order valence-electron chi connectivity index (χ2n) is 6.30. The third-order valence-electron chi connectivity index (χ3n) is 4.78. The lowest BCUT2D eigenvalue weighted by atomic mass is 10.1. The molecule has 2 fully saturated rings. The van der Waals surface area contributed by atoms with Crippen LogP contribution in [0.3, 0.4) is 0 Å². The number of amides is 2. The number of hydrogen-bond acceptors (Lipinski definition) is 4. The number of anilines is 1. The molecule has 0 aromatic carbocycles. The van der Waals surface area contributed by atoms with E-state index in [4.69, 9.17) is 0 Å². The van der Waals surface area contributed by atoms with Gasteiger partial charge in [0.05, 0.1) is 5.92 Å². The Kier molecular flexibility index (Phi) is 4.50. The van der Waals surface area contributed by atoms with Gasteiger partial charge in [0.2, 0.25) is 11.8 Å². The second-order valence-corrected chi connectivity index (χ2v) is 6.30. The number of likely N-dealkylation sites (tertiary alicyclic amines) is 1. The molecule has 2 aliphatic heterocycles. The minimum absolute atomic E-state index is 0.108. The van der Waals surface area contributed by atoms with Crippen LogP contribution in [0.5, 0.6) is 0 Å². The normalized spacial score (nSPS) is 21.9. The van der Waals surface area contributed by atoms with E-state index >= 15 is 0 Å². The van der Waals surface area contributed by atoms with Crippen molar-refractivity contribution in [2.45, 2.75) is 20.3 Å². The van der Waals surface area contributed by atoms with Crippen LogP contribution >= 0.6 is 0 Å². The molecular formula is C17H24N4O2. The summed E-state index contributed by atoms with van der Waals surface area (Å²) >= 11 is 0. The van der Waals surface area contributed by atoms with Crippen molar-refractivity contribution in [2.24, 2.45) is 5.92 Å². The summed E-state index contributed by atoms with van der Waals surface area (Å²) in [5.74, 6) is 0.0915. The fourth-order valence-corrected chi connectivity index (χ4v) is 3.41. The number of pyridine rings is 1. The van der Waals surface area contributed by atoms with Crippen molar-refractivity contribution in [1.82, 2.24) is 14.8 Å². The molecule has 2 amide bonds. The standard InChI is InChI=1S/C17H24N4O2/c1-3-19-12-14(11-16(19)22)17(23)21-8-6-20(7-9-21)15-4-5-18-13(2)10-15/h4-5,10,14H,3,6-9,11-12H2,1-2H3. The predicted molar refractivity (Wildman–Crippen MR) is 88.1 cm³/mol. The zero-order valence-corrected chi connectivity index (χ0v) is 13.9. The van der Waals surface area contributed by atoms with Crippen LogP contribution in [0.25, 0.3) is 0 Å². The molecule has 6 nitrogen and oxygen atoms in total. The van der Waals surface area contributed by atoms with Gasteiger partial charge in [0, 0.05) is 63.3 Å². The summed E-state index contributed by atoms with van der Waals surface area (Å²) < 4.78 is 0. The van der Waals surface area contributed by atoms with Crippen LogP contribution in [0, 0.1) is 12.8 Å². The van der Waals surface area contributed by atoms with Crippen molar-refractivity contribution in [1.29, 1.82) is 0 Å². The Morgan fingerprint density at radius 3 is 2.65 bits per heavy atom. The van der Waals surface area contributed by atoms with E-state index in [0.717, 1.165) is 37.6 Å². The molecule has 0 saturated carbocycles. The Bertz CT molecular complexity index is 596. The molecule has 0 spiro atoms. The Balaban J connectivity index is 1.57. The SMILES string of the molecule is CCN1CC(C(=O)N2CCN(c3ccnc(C)c3)CC2)CC1=O. The molecule has 124 valence electrons. The number of carbonyl (C=O) groups excluding carboxylic acids is 2. The van der Waals surface area contributed by atoms with Gasteiger partial charge in [0.1, 0.15) is 0 Å². The van der Waals surface area contributed by atoms with Gasteiger partial charge in [-0.05, 0) is 26.0 Å². The molecule has 1 aromatic rings. The topological polar surface area (TPSA) is 56.8 Å². The van der Waals surface area contributed by atoms with Crippen molar-refractivity contribution in [3.05, 3.63) is 24.0 Å². The lowest BCUT2D eigenvalue weighted by Crippen LogP contribution is -2.50. The predicted octanol–water partition coefficient (Wildman–Crippen LogP) is 0.907. The molecule has 0 bridgehead atoms. The maximum absolute atomic E-state index is 12.6. The molecule has 1 unspecified atom stereocenters. The Morgan fingerprint density at radius 1 is 1.30 bits per heavy atom. The molecule has 2 saturated heterocycles. The highest BCUT2D eigenvalue weighted by Crippen LogP contribution is 2.22. The van der Waals surface area contributed by atoms with Crippen molar-refractivity contribution >= 4 is 17.5 Å². The summed E-state index contributed by atoms with van der Waals surface area (Å²) in [5.41, 5.74) is 2.17. The first-order chi connectivity index (χ1) is 11.1. The third-order valence-corrected chi connectivity index (χ3v) is 4.78. The van der Waals surface area contributed by atoms with Gasteiger partial charge in [-0.1, -0.05) is 0 Å². The van der Waals surface area contributed by atoms with Gasteiger partial charge >= 0.3 is 0 Å². The fraction of sp³-hybridized carbons (Fsp3) is 0.588. The number of carbonyl (C=O) groups is 2. The quantitative estimate of drug-likeness (QED) is 0.832. The first kappa shape index (κ1) is 15.8. The highest BCUT2D eigenvalue weighted by molar-refractivity contribution is 5.89. The molecule has 6 heteroatoms. The van der Waals surface area contributed by atoms with Gasteiger partial charge < -0.3 is 14.7 Å². The minimum Gasteiger partial charge on any atom is -0.368 e. The average Bonchev–Trinajstić information content (AvgIpc) is 2.95. The smallest absolute Gasteiger partial charge is 0.228 e. The van der Waals surface area contributed by atoms with E-state index in [9.17, 15) is 9.59 Å². The van der Waals surface area contributed by atoms with E-state index in [1.54, 1.807) is 4.90 Å². The number of aryl methyl sites for hydroxylation is 1. The number of hydrogen-bond donors (Lipinski definition) is 0. The van der Waals surface area contributed by atoms with Crippen molar-refractivity contribution in [3.8, 4) is 0 Å². The zero-order valence-electron chi connectivity index (χ0n) is 13.9. The summed E-state index contributed by atoms with van der Waals surface area (Å²) in [6.07, 6.45) is 2.20. The number of nitrogens with zero attached hydrogens (tertiary/aromatic N) is 4. The van der Waals surface area contributed by atoms with E-state index < -0.39 is 0 Å². The van der Waals surface area contributed by atoms with Crippen LogP contribution in [0.2, 0.25) is 0 Å². The third kappa shape index (κ3) is 3.30. The maximum atomic E-state index is 12.6. The van der Waals surface area contributed by atoms with Crippen LogP contribution < -0.4 is 4.90 Å². The van der Waals surface area contributed by atoms with Gasteiger partial charge in [0.15, 0.2) is 0 Å². The van der Waals surface area contributed by atoms with E-state index in [1.165, 1.54) is 0 Å². The monoisotopic (exact) mass is 316 g/mol. The van der Waals surface area contributed by atoms with Gasteiger partial charge in [-0.2, -0.15) is 0 Å². The summed E-state index contributed by atoms with van der Waals surface area (Å²) in [4.78, 5) is 34.6. The van der Waals surface area contributed by atoms with Gasteiger partial charge in [-0.3, -0.25) is 14.6 Å². The Morgan fingerprint density at radius 2 is 2.04 bits per heavy atom. The number of aromatic nitrogens is 1. The molecule has 0 radical (unpaired) electrons. The zero-order chi connectivity index (χ0) is 16.4. The fourth-order valence-electron chi connectivity index (χ4n) is 3.41. The number of rotatable bonds is 3. The Labute approximate surface area is 137 Å². The second kappa shape index (κ2) is 6.56. The van der Waals surface area contributed by atoms with E-state index in [2.05, 4.69) is 16.0 Å². The van der Waals surface area contributed by atoms with Gasteiger partial charge in [-0.25, -0.2) is 0 Å². The van der Waals surface area contributed by atoms with Crippen LogP contribution in [0.1, 0.15) is 19.0 Å². The first-order valence-electron chi connectivity index (χ1n) is 8.32. The highest BCUT2D eigenvalue weighted by Gasteiger charge is 2.36.